The van der Waals surface area contributed by atoms with Gasteiger partial charge in [0.1, 0.15) is 6.54 Å². The number of nitrogens with one attached hydrogen (secondary N) is 3. The zero-order chi connectivity index (χ0) is 18.1. The van der Waals surface area contributed by atoms with Crippen LogP contribution in [-0.2, 0) is 9.59 Å². The number of amides is 3. The van der Waals surface area contributed by atoms with Crippen LogP contribution in [0.25, 0.3) is 0 Å². The molecule has 144 valence electrons. The number of piperidine rings is 1. The summed E-state index contributed by atoms with van der Waals surface area (Å²) >= 11 is 0. The van der Waals surface area contributed by atoms with E-state index in [4.69, 9.17) is 5.11 Å². The number of likely N-dealkylation sites (tertiary alicyclic amines) is 1. The van der Waals surface area contributed by atoms with Gasteiger partial charge in [-0.05, 0) is 31.5 Å². The zero-order valence-corrected chi connectivity index (χ0v) is 15.3. The standard InChI is InChI=1S/C17H24N4O4.ClH/c22-15(18-11-16(23)24)12-21-9-5-4-8-14(21)10-19-17(25)20-13-6-2-1-3-7-13;/h1-3,6-7,14H,4-5,8-12H2,(H,18,22)(H,23,24)(H2,19,20,25);1H. The van der Waals surface area contributed by atoms with E-state index < -0.39 is 5.97 Å². The average Bonchev–Trinajstić information content (AvgIpc) is 2.60. The van der Waals surface area contributed by atoms with Crippen molar-refractivity contribution < 1.29 is 19.5 Å². The minimum atomic E-state index is -1.07. The summed E-state index contributed by atoms with van der Waals surface area (Å²) in [5.74, 6) is -1.38. The lowest BCUT2D eigenvalue weighted by atomic mass is 10.0. The largest absolute Gasteiger partial charge is 0.480 e. The van der Waals surface area contributed by atoms with Crippen molar-refractivity contribution >= 4 is 36.0 Å². The summed E-state index contributed by atoms with van der Waals surface area (Å²) in [5.41, 5.74) is 0.716. The first kappa shape index (κ1) is 21.7. The molecule has 26 heavy (non-hydrogen) atoms. The highest BCUT2D eigenvalue weighted by molar-refractivity contribution is 5.89. The van der Waals surface area contributed by atoms with E-state index in [1.807, 2.05) is 23.1 Å². The number of para-hydroxylation sites is 1. The van der Waals surface area contributed by atoms with Crippen molar-refractivity contribution in [1.82, 2.24) is 15.5 Å². The highest BCUT2D eigenvalue weighted by atomic mass is 35.5. The van der Waals surface area contributed by atoms with Gasteiger partial charge in [0.25, 0.3) is 0 Å². The van der Waals surface area contributed by atoms with Gasteiger partial charge < -0.3 is 21.1 Å². The average molecular weight is 385 g/mol. The second-order valence-electron chi connectivity index (χ2n) is 5.99. The van der Waals surface area contributed by atoms with E-state index in [-0.39, 0.29) is 43.5 Å². The highest BCUT2D eigenvalue weighted by Crippen LogP contribution is 2.16. The van der Waals surface area contributed by atoms with Crippen molar-refractivity contribution in [3.63, 3.8) is 0 Å². The Morgan fingerprint density at radius 1 is 1.12 bits per heavy atom. The minimum absolute atomic E-state index is 0. The predicted molar refractivity (Wildman–Crippen MR) is 101 cm³/mol. The Labute approximate surface area is 158 Å². The van der Waals surface area contributed by atoms with Gasteiger partial charge in [0.15, 0.2) is 0 Å². The molecule has 1 fully saturated rings. The Hall–Kier alpha value is -2.32. The molecule has 9 heteroatoms. The summed E-state index contributed by atoms with van der Waals surface area (Å²) in [6, 6.07) is 8.94. The van der Waals surface area contributed by atoms with Gasteiger partial charge in [-0.3, -0.25) is 14.5 Å². The van der Waals surface area contributed by atoms with E-state index >= 15 is 0 Å². The van der Waals surface area contributed by atoms with Crippen LogP contribution >= 0.6 is 12.4 Å². The summed E-state index contributed by atoms with van der Waals surface area (Å²) in [5, 5.41) is 16.6. The summed E-state index contributed by atoms with van der Waals surface area (Å²) in [7, 11) is 0. The third kappa shape index (κ3) is 7.71. The third-order valence-corrected chi connectivity index (χ3v) is 4.06. The molecule has 0 radical (unpaired) electrons. The molecule has 1 saturated heterocycles. The van der Waals surface area contributed by atoms with E-state index in [1.54, 1.807) is 12.1 Å². The first-order valence-corrected chi connectivity index (χ1v) is 8.37. The molecule has 1 aromatic carbocycles. The van der Waals surface area contributed by atoms with E-state index in [2.05, 4.69) is 16.0 Å². The molecule has 1 aromatic rings. The molecule has 4 N–H and O–H groups in total. The maximum absolute atomic E-state index is 12.0. The van der Waals surface area contributed by atoms with E-state index in [0.717, 1.165) is 25.8 Å². The van der Waals surface area contributed by atoms with Gasteiger partial charge in [0, 0.05) is 18.3 Å². The van der Waals surface area contributed by atoms with E-state index in [9.17, 15) is 14.4 Å². The molecule has 1 unspecified atom stereocenters. The van der Waals surface area contributed by atoms with Crippen LogP contribution in [-0.4, -0.2) is 60.1 Å². The molecule has 0 aromatic heterocycles. The molecular weight excluding hydrogens is 360 g/mol. The normalized spacial score (nSPS) is 16.8. The number of anilines is 1. The molecule has 0 spiro atoms. The van der Waals surface area contributed by atoms with Crippen molar-refractivity contribution in [3.8, 4) is 0 Å². The molecule has 3 amide bonds. The Morgan fingerprint density at radius 3 is 2.54 bits per heavy atom. The quantitative estimate of drug-likeness (QED) is 0.566. The fraction of sp³-hybridized carbons (Fsp3) is 0.471. The minimum Gasteiger partial charge on any atom is -0.480 e. The molecule has 1 aliphatic rings. The number of benzene rings is 1. The number of hydrogen-bond donors (Lipinski definition) is 4. The second kappa shape index (κ2) is 11.3. The third-order valence-electron chi connectivity index (χ3n) is 4.06. The van der Waals surface area contributed by atoms with Gasteiger partial charge in [0.05, 0.1) is 6.54 Å². The van der Waals surface area contributed by atoms with Crippen molar-refractivity contribution in [2.24, 2.45) is 0 Å². The van der Waals surface area contributed by atoms with Crippen LogP contribution in [0, 0.1) is 0 Å². The van der Waals surface area contributed by atoms with Crippen molar-refractivity contribution in [2.45, 2.75) is 25.3 Å². The lowest BCUT2D eigenvalue weighted by Gasteiger charge is -2.35. The van der Waals surface area contributed by atoms with E-state index in [1.165, 1.54) is 0 Å². The topological polar surface area (TPSA) is 111 Å². The Balaban J connectivity index is 0.00000338. The number of carboxylic acid groups (broad SMARTS) is 1. The molecule has 1 atom stereocenters. The lowest BCUT2D eigenvalue weighted by molar-refractivity contribution is -0.138. The fourth-order valence-electron chi connectivity index (χ4n) is 2.82. The van der Waals surface area contributed by atoms with E-state index in [0.29, 0.717) is 12.2 Å². The number of aliphatic carboxylic acids is 1. The number of urea groups is 1. The molecule has 0 bridgehead atoms. The first-order valence-electron chi connectivity index (χ1n) is 8.37. The smallest absolute Gasteiger partial charge is 0.322 e. The van der Waals surface area contributed by atoms with Crippen molar-refractivity contribution in [3.05, 3.63) is 30.3 Å². The lowest BCUT2D eigenvalue weighted by Crippen LogP contribution is -2.51. The maximum atomic E-state index is 12.0. The SMILES string of the molecule is Cl.O=C(O)CNC(=O)CN1CCCCC1CNC(=O)Nc1ccccc1. The monoisotopic (exact) mass is 384 g/mol. The Morgan fingerprint density at radius 2 is 1.85 bits per heavy atom. The van der Waals surface area contributed by atoms with Crippen LogP contribution in [0.3, 0.4) is 0 Å². The number of carboxylic acids is 1. The summed E-state index contributed by atoms with van der Waals surface area (Å²) < 4.78 is 0. The molecule has 8 nitrogen and oxygen atoms in total. The Bertz CT molecular complexity index is 600. The van der Waals surface area contributed by atoms with Gasteiger partial charge in [-0.15, -0.1) is 12.4 Å². The molecular formula is C17H25ClN4O4. The van der Waals surface area contributed by atoms with Crippen molar-refractivity contribution in [1.29, 1.82) is 0 Å². The molecule has 1 aliphatic heterocycles. The molecule has 2 rings (SSSR count). The van der Waals surface area contributed by atoms with Gasteiger partial charge in [0.2, 0.25) is 5.91 Å². The highest BCUT2D eigenvalue weighted by Gasteiger charge is 2.24. The van der Waals surface area contributed by atoms with Gasteiger partial charge in [-0.1, -0.05) is 24.6 Å². The van der Waals surface area contributed by atoms with Crippen LogP contribution < -0.4 is 16.0 Å². The molecule has 1 heterocycles. The van der Waals surface area contributed by atoms with Crippen LogP contribution in [0.5, 0.6) is 0 Å². The molecule has 0 saturated carbocycles. The summed E-state index contributed by atoms with van der Waals surface area (Å²) in [4.78, 5) is 36.3. The zero-order valence-electron chi connectivity index (χ0n) is 14.4. The number of nitrogens with zero attached hydrogens (tertiary/aromatic N) is 1. The number of halogens is 1. The number of hydrogen-bond acceptors (Lipinski definition) is 4. The number of rotatable bonds is 7. The van der Waals surface area contributed by atoms with Crippen LogP contribution in [0.1, 0.15) is 19.3 Å². The maximum Gasteiger partial charge on any atom is 0.322 e. The Kier molecular flexibility index (Phi) is 9.46. The van der Waals surface area contributed by atoms with Crippen LogP contribution in [0.4, 0.5) is 10.5 Å². The van der Waals surface area contributed by atoms with Gasteiger partial charge >= 0.3 is 12.0 Å². The fourth-order valence-corrected chi connectivity index (χ4v) is 2.82. The number of carbonyl (C=O) groups is 3. The summed E-state index contributed by atoms with van der Waals surface area (Å²) in [6.07, 6.45) is 2.91. The van der Waals surface area contributed by atoms with Crippen LogP contribution in [0.15, 0.2) is 30.3 Å². The second-order valence-corrected chi connectivity index (χ2v) is 5.99. The van der Waals surface area contributed by atoms with Gasteiger partial charge in [-0.2, -0.15) is 0 Å². The molecule has 0 aliphatic carbocycles. The number of carbonyl (C=O) groups excluding carboxylic acids is 2. The van der Waals surface area contributed by atoms with Crippen LogP contribution in [0.2, 0.25) is 0 Å². The van der Waals surface area contributed by atoms with Gasteiger partial charge in [-0.25, -0.2) is 4.79 Å². The summed E-state index contributed by atoms with van der Waals surface area (Å²) in [6.45, 7) is 0.951. The van der Waals surface area contributed by atoms with Crippen molar-refractivity contribution in [2.75, 3.05) is 31.5 Å². The predicted octanol–water partition coefficient (Wildman–Crippen LogP) is 1.29. The first-order chi connectivity index (χ1) is 12.0.